The summed E-state index contributed by atoms with van der Waals surface area (Å²) in [5.74, 6) is 6.86. The van der Waals surface area contributed by atoms with Gasteiger partial charge in [0, 0.05) is 12.8 Å². The number of hydrogen-bond acceptors (Lipinski definition) is 3. The molecule has 0 spiro atoms. The molecule has 2 aromatic carbocycles. The topological polar surface area (TPSA) is 68.0 Å². The average molecular weight is 402 g/mol. The predicted molar refractivity (Wildman–Crippen MR) is 118 cm³/mol. The molecule has 0 aliphatic rings. The molecule has 1 heterocycles. The van der Waals surface area contributed by atoms with E-state index in [1.807, 2.05) is 48.0 Å². The monoisotopic (exact) mass is 401 g/mol. The number of carbonyl (C=O) groups is 1. The second-order valence-electron chi connectivity index (χ2n) is 7.21. The minimum absolute atomic E-state index is 0.305. The fourth-order valence-electron chi connectivity index (χ4n) is 3.38. The first-order valence-corrected chi connectivity index (χ1v) is 10.4. The molecule has 30 heavy (non-hydrogen) atoms. The van der Waals surface area contributed by atoms with Crippen molar-refractivity contribution in [1.29, 1.82) is 0 Å². The molecular formula is C25H27N3O2. The number of aryl methyl sites for hydroxylation is 1. The molecule has 154 valence electrons. The smallest absolute Gasteiger partial charge is 0.336 e. The van der Waals surface area contributed by atoms with Gasteiger partial charge in [-0.1, -0.05) is 68.2 Å². The summed E-state index contributed by atoms with van der Waals surface area (Å²) in [4.78, 5) is 16.2. The van der Waals surface area contributed by atoms with Crippen molar-refractivity contribution in [3.8, 4) is 23.0 Å². The molecular weight excluding hydrogens is 374 g/mol. The molecule has 1 aromatic heterocycles. The number of carboxylic acids is 1. The van der Waals surface area contributed by atoms with Crippen LogP contribution in [0.3, 0.4) is 0 Å². The zero-order valence-corrected chi connectivity index (χ0v) is 17.6. The van der Waals surface area contributed by atoms with Gasteiger partial charge in [0.15, 0.2) is 5.82 Å². The van der Waals surface area contributed by atoms with Gasteiger partial charge in [0.1, 0.15) is 12.4 Å². The number of nitrogens with zero attached hydrogens (tertiary/aromatic N) is 3. The molecule has 0 saturated carbocycles. The van der Waals surface area contributed by atoms with Crippen LogP contribution in [0.15, 0.2) is 48.5 Å². The number of benzene rings is 2. The lowest BCUT2D eigenvalue weighted by Gasteiger charge is -2.08. The van der Waals surface area contributed by atoms with E-state index >= 15 is 0 Å². The molecule has 0 bridgehead atoms. The van der Waals surface area contributed by atoms with E-state index in [9.17, 15) is 9.90 Å². The second kappa shape index (κ2) is 10.4. The molecule has 0 aliphatic heterocycles. The summed E-state index contributed by atoms with van der Waals surface area (Å²) in [5, 5.41) is 14.1. The highest BCUT2D eigenvalue weighted by atomic mass is 16.4. The van der Waals surface area contributed by atoms with E-state index in [1.165, 1.54) is 12.8 Å². The Morgan fingerprint density at radius 3 is 2.57 bits per heavy atom. The molecule has 0 radical (unpaired) electrons. The summed E-state index contributed by atoms with van der Waals surface area (Å²) < 4.78 is 1.89. The van der Waals surface area contributed by atoms with Gasteiger partial charge in [-0.25, -0.2) is 14.5 Å². The lowest BCUT2D eigenvalue weighted by Crippen LogP contribution is -2.05. The fourth-order valence-corrected chi connectivity index (χ4v) is 3.38. The molecule has 5 heteroatoms. The van der Waals surface area contributed by atoms with Crippen LogP contribution in [-0.2, 0) is 19.4 Å². The summed E-state index contributed by atoms with van der Waals surface area (Å²) in [5.41, 5.74) is 3.01. The van der Waals surface area contributed by atoms with Crippen LogP contribution in [0.1, 0.15) is 60.7 Å². The van der Waals surface area contributed by atoms with Crippen LogP contribution in [0.5, 0.6) is 0 Å². The summed E-state index contributed by atoms with van der Waals surface area (Å²) in [7, 11) is 0. The first-order chi connectivity index (χ1) is 14.6. The lowest BCUT2D eigenvalue weighted by atomic mass is 9.98. The van der Waals surface area contributed by atoms with Crippen LogP contribution < -0.4 is 0 Å². The maximum absolute atomic E-state index is 11.5. The highest BCUT2D eigenvalue weighted by molar-refractivity contribution is 5.95. The number of hydrogen-bond donors (Lipinski definition) is 1. The third-order valence-electron chi connectivity index (χ3n) is 4.99. The van der Waals surface area contributed by atoms with E-state index < -0.39 is 5.97 Å². The first kappa shape index (κ1) is 21.3. The van der Waals surface area contributed by atoms with E-state index in [0.29, 0.717) is 18.5 Å². The van der Waals surface area contributed by atoms with E-state index in [4.69, 9.17) is 4.98 Å². The van der Waals surface area contributed by atoms with Gasteiger partial charge < -0.3 is 5.11 Å². The van der Waals surface area contributed by atoms with Crippen LogP contribution in [0.2, 0.25) is 0 Å². The van der Waals surface area contributed by atoms with Crippen LogP contribution in [0, 0.1) is 11.8 Å². The van der Waals surface area contributed by atoms with Crippen LogP contribution >= 0.6 is 0 Å². The maximum atomic E-state index is 11.5. The minimum Gasteiger partial charge on any atom is -0.478 e. The van der Waals surface area contributed by atoms with Gasteiger partial charge in [-0.05, 0) is 36.1 Å². The van der Waals surface area contributed by atoms with Gasteiger partial charge in [0.05, 0.1) is 5.56 Å². The molecule has 0 aliphatic carbocycles. The Bertz CT molecular complexity index is 1060. The second-order valence-corrected chi connectivity index (χ2v) is 7.21. The average Bonchev–Trinajstić information content (AvgIpc) is 3.14. The Balaban J connectivity index is 1.80. The van der Waals surface area contributed by atoms with E-state index in [-0.39, 0.29) is 0 Å². The van der Waals surface area contributed by atoms with Crippen molar-refractivity contribution in [3.05, 3.63) is 71.3 Å². The SMILES string of the molecule is CC#CCn1nc(CCCCC)nc1Cc1ccc(-c2ccccc2C(=O)O)cc1. The summed E-state index contributed by atoms with van der Waals surface area (Å²) in [6, 6.07) is 15.0. The largest absolute Gasteiger partial charge is 0.478 e. The molecule has 0 fully saturated rings. The van der Waals surface area contributed by atoms with Crippen LogP contribution in [0.25, 0.3) is 11.1 Å². The standard InChI is InChI=1S/C25H27N3O2/c1-3-5-7-12-23-26-24(28(27-23)17-6-4-2)18-19-13-15-20(16-14-19)21-10-8-9-11-22(21)25(29)30/h8-11,13-16H,3,5,7,12,17-18H2,1-2H3,(H,29,30). The highest BCUT2D eigenvalue weighted by Gasteiger charge is 2.12. The summed E-state index contributed by atoms with van der Waals surface area (Å²) in [6.07, 6.45) is 4.99. The quantitative estimate of drug-likeness (QED) is 0.405. The van der Waals surface area contributed by atoms with Crippen molar-refractivity contribution in [2.75, 3.05) is 0 Å². The summed E-state index contributed by atoms with van der Waals surface area (Å²) in [6.45, 7) is 4.55. The Morgan fingerprint density at radius 1 is 1.10 bits per heavy atom. The number of aromatic carboxylic acids is 1. The van der Waals surface area contributed by atoms with Crippen molar-refractivity contribution in [3.63, 3.8) is 0 Å². The zero-order valence-electron chi connectivity index (χ0n) is 17.6. The van der Waals surface area contributed by atoms with Crippen molar-refractivity contribution >= 4 is 5.97 Å². The van der Waals surface area contributed by atoms with Gasteiger partial charge in [0.2, 0.25) is 0 Å². The maximum Gasteiger partial charge on any atom is 0.336 e. The van der Waals surface area contributed by atoms with Crippen molar-refractivity contribution < 1.29 is 9.90 Å². The molecule has 3 rings (SSSR count). The molecule has 3 aromatic rings. The Hall–Kier alpha value is -3.39. The Labute approximate surface area is 177 Å². The van der Waals surface area contributed by atoms with Gasteiger partial charge in [0.25, 0.3) is 0 Å². The normalized spacial score (nSPS) is 10.5. The number of unbranched alkanes of at least 4 members (excludes halogenated alkanes) is 2. The van der Waals surface area contributed by atoms with Crippen molar-refractivity contribution in [2.45, 2.75) is 52.5 Å². The van der Waals surface area contributed by atoms with Gasteiger partial charge in [-0.15, -0.1) is 5.92 Å². The van der Waals surface area contributed by atoms with Gasteiger partial charge in [-0.2, -0.15) is 5.10 Å². The Morgan fingerprint density at radius 2 is 1.87 bits per heavy atom. The zero-order chi connectivity index (χ0) is 21.3. The molecule has 1 N–H and O–H groups in total. The van der Waals surface area contributed by atoms with Crippen molar-refractivity contribution in [2.24, 2.45) is 0 Å². The lowest BCUT2D eigenvalue weighted by molar-refractivity contribution is 0.0697. The van der Waals surface area contributed by atoms with Crippen LogP contribution in [-0.4, -0.2) is 25.8 Å². The first-order valence-electron chi connectivity index (χ1n) is 10.4. The summed E-state index contributed by atoms with van der Waals surface area (Å²) >= 11 is 0. The molecule has 0 unspecified atom stereocenters. The third-order valence-corrected chi connectivity index (χ3v) is 4.99. The van der Waals surface area contributed by atoms with E-state index in [1.54, 1.807) is 12.1 Å². The van der Waals surface area contributed by atoms with Crippen molar-refractivity contribution in [1.82, 2.24) is 14.8 Å². The molecule has 5 nitrogen and oxygen atoms in total. The molecule has 0 saturated heterocycles. The number of rotatable bonds is 9. The highest BCUT2D eigenvalue weighted by Crippen LogP contribution is 2.24. The molecule has 0 amide bonds. The number of carboxylic acid groups (broad SMARTS) is 1. The van der Waals surface area contributed by atoms with E-state index in [0.717, 1.165) is 41.2 Å². The predicted octanol–water partition coefficient (Wildman–Crippen LogP) is 4.99. The minimum atomic E-state index is -0.921. The van der Waals surface area contributed by atoms with Crippen LogP contribution in [0.4, 0.5) is 0 Å². The number of aromatic nitrogens is 3. The third kappa shape index (κ3) is 5.36. The Kier molecular flexibility index (Phi) is 7.40. The molecule has 0 atom stereocenters. The van der Waals surface area contributed by atoms with E-state index in [2.05, 4.69) is 23.9 Å². The van der Waals surface area contributed by atoms with Gasteiger partial charge in [-0.3, -0.25) is 0 Å². The fraction of sp³-hybridized carbons (Fsp3) is 0.320. The van der Waals surface area contributed by atoms with Gasteiger partial charge >= 0.3 is 5.97 Å².